The summed E-state index contributed by atoms with van der Waals surface area (Å²) in [5.41, 5.74) is 10.4. The summed E-state index contributed by atoms with van der Waals surface area (Å²) < 4.78 is 0. The maximum absolute atomic E-state index is 12.4. The van der Waals surface area contributed by atoms with Gasteiger partial charge >= 0.3 is 0 Å². The molecule has 0 aromatic heterocycles. The van der Waals surface area contributed by atoms with Crippen LogP contribution in [0.2, 0.25) is 0 Å². The Morgan fingerprint density at radius 3 is 2.31 bits per heavy atom. The third-order valence-corrected chi connectivity index (χ3v) is 5.21. The Kier molecular flexibility index (Phi) is 6.29. The molecule has 152 valence electrons. The summed E-state index contributed by atoms with van der Waals surface area (Å²) in [6.45, 7) is 4.15. The number of carbonyl (C=O) groups is 3. The van der Waals surface area contributed by atoms with Crippen LogP contribution in [0.4, 0.5) is 5.69 Å². The summed E-state index contributed by atoms with van der Waals surface area (Å²) in [4.78, 5) is 38.3. The molecule has 0 saturated heterocycles. The number of hydrogen-bond acceptors (Lipinski definition) is 4. The molecule has 7 heteroatoms. The van der Waals surface area contributed by atoms with E-state index in [2.05, 4.69) is 10.6 Å². The van der Waals surface area contributed by atoms with Gasteiger partial charge in [-0.15, -0.1) is 0 Å². The Labute approximate surface area is 170 Å². The van der Waals surface area contributed by atoms with Gasteiger partial charge in [-0.2, -0.15) is 0 Å². The molecular weight excluding hydrogens is 368 g/mol. The lowest BCUT2D eigenvalue weighted by Gasteiger charge is -2.34. The van der Waals surface area contributed by atoms with Crippen LogP contribution >= 0.6 is 0 Å². The van der Waals surface area contributed by atoms with E-state index in [-0.39, 0.29) is 24.9 Å². The number of aryl methyl sites for hydroxylation is 2. The van der Waals surface area contributed by atoms with Gasteiger partial charge in [0.15, 0.2) is 0 Å². The van der Waals surface area contributed by atoms with E-state index < -0.39 is 11.9 Å². The Morgan fingerprint density at radius 1 is 1.00 bits per heavy atom. The van der Waals surface area contributed by atoms with Gasteiger partial charge in [0, 0.05) is 12.2 Å². The second-order valence-electron chi connectivity index (χ2n) is 7.39. The van der Waals surface area contributed by atoms with Crippen molar-refractivity contribution >= 4 is 23.4 Å². The standard InChI is InChI=1S/C22H26N4O3/c1-14-6-5-7-15(2)21(14)25-19(27)11-24-20(28)13-26-12-17-9-4-3-8-16(17)10-18(26)22(23)29/h3-9,18H,10-13H2,1-2H3,(H2,23,29)(H,24,28)(H,25,27)/t18-/m0/s1. The molecule has 3 rings (SSSR count). The molecule has 0 fully saturated rings. The zero-order chi connectivity index (χ0) is 21.0. The molecule has 29 heavy (non-hydrogen) atoms. The molecule has 1 aliphatic rings. The van der Waals surface area contributed by atoms with Gasteiger partial charge in [0.25, 0.3) is 0 Å². The number of hydrogen-bond donors (Lipinski definition) is 3. The van der Waals surface area contributed by atoms with Crippen LogP contribution in [-0.4, -0.2) is 41.8 Å². The number of fused-ring (bicyclic) bond motifs is 1. The topological polar surface area (TPSA) is 105 Å². The van der Waals surface area contributed by atoms with Crippen LogP contribution in [0.5, 0.6) is 0 Å². The zero-order valence-corrected chi connectivity index (χ0v) is 16.7. The minimum absolute atomic E-state index is 0.00138. The first-order valence-electron chi connectivity index (χ1n) is 9.58. The third-order valence-electron chi connectivity index (χ3n) is 5.21. The maximum atomic E-state index is 12.4. The van der Waals surface area contributed by atoms with E-state index in [1.807, 2.05) is 56.3 Å². The van der Waals surface area contributed by atoms with Crippen molar-refractivity contribution in [1.29, 1.82) is 0 Å². The van der Waals surface area contributed by atoms with Gasteiger partial charge in [-0.25, -0.2) is 0 Å². The summed E-state index contributed by atoms with van der Waals surface area (Å²) in [7, 11) is 0. The predicted molar refractivity (Wildman–Crippen MR) is 111 cm³/mol. The molecule has 0 saturated carbocycles. The first kappa shape index (κ1) is 20.5. The normalized spacial score (nSPS) is 16.0. The van der Waals surface area contributed by atoms with Crippen LogP contribution < -0.4 is 16.4 Å². The van der Waals surface area contributed by atoms with Crippen LogP contribution in [0.25, 0.3) is 0 Å². The number of carbonyl (C=O) groups excluding carboxylic acids is 3. The van der Waals surface area contributed by atoms with Crippen molar-refractivity contribution < 1.29 is 14.4 Å². The minimum atomic E-state index is -0.543. The van der Waals surface area contributed by atoms with Crippen molar-refractivity contribution in [3.05, 3.63) is 64.7 Å². The first-order chi connectivity index (χ1) is 13.8. The monoisotopic (exact) mass is 394 g/mol. The van der Waals surface area contributed by atoms with Gasteiger partial charge < -0.3 is 16.4 Å². The van der Waals surface area contributed by atoms with Gasteiger partial charge in [0.1, 0.15) is 0 Å². The van der Waals surface area contributed by atoms with E-state index in [9.17, 15) is 14.4 Å². The molecular formula is C22H26N4O3. The van der Waals surface area contributed by atoms with E-state index in [0.29, 0.717) is 13.0 Å². The van der Waals surface area contributed by atoms with E-state index >= 15 is 0 Å². The highest BCUT2D eigenvalue weighted by atomic mass is 16.2. The molecule has 0 spiro atoms. The first-order valence-corrected chi connectivity index (χ1v) is 9.58. The summed E-state index contributed by atoms with van der Waals surface area (Å²) >= 11 is 0. The fourth-order valence-electron chi connectivity index (χ4n) is 3.64. The van der Waals surface area contributed by atoms with Crippen molar-refractivity contribution in [3.8, 4) is 0 Å². The predicted octanol–water partition coefficient (Wildman–Crippen LogP) is 1.27. The highest BCUT2D eigenvalue weighted by molar-refractivity contribution is 5.96. The van der Waals surface area contributed by atoms with Gasteiger partial charge in [-0.1, -0.05) is 42.5 Å². The quantitative estimate of drug-likeness (QED) is 0.686. The number of primary amides is 1. The van der Waals surface area contributed by atoms with Gasteiger partial charge in [-0.3, -0.25) is 19.3 Å². The number of anilines is 1. The maximum Gasteiger partial charge on any atom is 0.243 e. The van der Waals surface area contributed by atoms with Crippen molar-refractivity contribution in [2.75, 3.05) is 18.4 Å². The number of benzene rings is 2. The van der Waals surface area contributed by atoms with Crippen LogP contribution in [0, 0.1) is 13.8 Å². The van der Waals surface area contributed by atoms with Crippen LogP contribution in [0.1, 0.15) is 22.3 Å². The molecule has 0 aliphatic carbocycles. The van der Waals surface area contributed by atoms with Crippen LogP contribution in [0.3, 0.4) is 0 Å². The number of nitrogens with one attached hydrogen (secondary N) is 2. The zero-order valence-electron chi connectivity index (χ0n) is 16.7. The SMILES string of the molecule is Cc1cccc(C)c1NC(=O)CNC(=O)CN1Cc2ccccc2C[C@H]1C(N)=O. The molecule has 1 aliphatic heterocycles. The van der Waals surface area contributed by atoms with Gasteiger partial charge in [0.2, 0.25) is 17.7 Å². The van der Waals surface area contributed by atoms with Crippen LogP contribution in [0.15, 0.2) is 42.5 Å². The number of nitrogens with two attached hydrogens (primary N) is 1. The fourth-order valence-corrected chi connectivity index (χ4v) is 3.64. The third kappa shape index (κ3) is 5.00. The second-order valence-corrected chi connectivity index (χ2v) is 7.39. The number of nitrogens with zero attached hydrogens (tertiary/aromatic N) is 1. The number of para-hydroxylation sites is 1. The molecule has 0 unspecified atom stereocenters. The summed E-state index contributed by atoms with van der Waals surface area (Å²) in [5, 5.41) is 5.46. The molecule has 2 aromatic carbocycles. The lowest BCUT2D eigenvalue weighted by Crippen LogP contribution is -2.52. The van der Waals surface area contributed by atoms with Crippen molar-refractivity contribution in [3.63, 3.8) is 0 Å². The minimum Gasteiger partial charge on any atom is -0.368 e. The number of amides is 3. The van der Waals surface area contributed by atoms with Crippen molar-refractivity contribution in [2.24, 2.45) is 5.73 Å². The molecule has 3 amide bonds. The Balaban J connectivity index is 1.57. The molecule has 1 heterocycles. The lowest BCUT2D eigenvalue weighted by atomic mass is 9.93. The van der Waals surface area contributed by atoms with Crippen molar-refractivity contribution in [2.45, 2.75) is 32.9 Å². The summed E-state index contributed by atoms with van der Waals surface area (Å²) in [6, 6.07) is 13.0. The highest BCUT2D eigenvalue weighted by Gasteiger charge is 2.31. The Bertz CT molecular complexity index is 921. The average Bonchev–Trinajstić information content (AvgIpc) is 2.68. The smallest absolute Gasteiger partial charge is 0.243 e. The highest BCUT2D eigenvalue weighted by Crippen LogP contribution is 2.23. The van der Waals surface area contributed by atoms with E-state index in [4.69, 9.17) is 5.73 Å². The average molecular weight is 394 g/mol. The van der Waals surface area contributed by atoms with Gasteiger partial charge in [0.05, 0.1) is 19.1 Å². The van der Waals surface area contributed by atoms with E-state index in [1.54, 1.807) is 4.90 Å². The molecule has 0 bridgehead atoms. The fraction of sp³-hybridized carbons (Fsp3) is 0.318. The lowest BCUT2D eigenvalue weighted by molar-refractivity contribution is -0.129. The molecule has 2 aromatic rings. The van der Waals surface area contributed by atoms with Gasteiger partial charge in [-0.05, 0) is 42.5 Å². The summed E-state index contributed by atoms with van der Waals surface area (Å²) in [5.74, 6) is -1.08. The molecule has 1 atom stereocenters. The Morgan fingerprint density at radius 2 is 1.66 bits per heavy atom. The Hall–Kier alpha value is -3.19. The van der Waals surface area contributed by atoms with Crippen molar-refractivity contribution in [1.82, 2.24) is 10.2 Å². The summed E-state index contributed by atoms with van der Waals surface area (Å²) in [6.07, 6.45) is 0.478. The molecule has 4 N–H and O–H groups in total. The number of rotatable bonds is 6. The van der Waals surface area contributed by atoms with Crippen LogP contribution in [-0.2, 0) is 27.3 Å². The van der Waals surface area contributed by atoms with E-state index in [1.165, 1.54) is 0 Å². The van der Waals surface area contributed by atoms with E-state index in [0.717, 1.165) is 27.9 Å². The largest absolute Gasteiger partial charge is 0.368 e. The molecule has 7 nitrogen and oxygen atoms in total. The molecule has 0 radical (unpaired) electrons. The second kappa shape index (κ2) is 8.87.